The summed E-state index contributed by atoms with van der Waals surface area (Å²) < 4.78 is 5.77. The second kappa shape index (κ2) is 7.53. The standard InChI is InChI=1S/C19H21N3O2S/c1-13-9-14(2)11-15(10-13)24-7-6-22(3)19(23)17-12-16(20-21-17)18-5-4-8-25-18/h4-5,8-12H,6-7H2,1-3H3,(H,20,21). The summed E-state index contributed by atoms with van der Waals surface area (Å²) in [6, 6.07) is 11.8. The van der Waals surface area contributed by atoms with E-state index in [9.17, 15) is 4.79 Å². The fraction of sp³-hybridized carbons (Fsp3) is 0.263. The van der Waals surface area contributed by atoms with Crippen molar-refractivity contribution in [1.82, 2.24) is 15.1 Å². The molecule has 0 unspecified atom stereocenters. The Kier molecular flexibility index (Phi) is 5.19. The Balaban J connectivity index is 1.56. The van der Waals surface area contributed by atoms with Gasteiger partial charge in [0.15, 0.2) is 5.69 Å². The number of carbonyl (C=O) groups is 1. The maximum absolute atomic E-state index is 12.5. The molecule has 1 amide bonds. The SMILES string of the molecule is Cc1cc(C)cc(OCCN(C)C(=O)c2cc(-c3cccs3)[nH]n2)c1. The van der Waals surface area contributed by atoms with Gasteiger partial charge in [-0.25, -0.2) is 0 Å². The van der Waals surface area contributed by atoms with Gasteiger partial charge in [0, 0.05) is 7.05 Å². The number of likely N-dealkylation sites (N-methyl/N-ethyl adjacent to an activating group) is 1. The van der Waals surface area contributed by atoms with Crippen LogP contribution in [0.5, 0.6) is 5.75 Å². The van der Waals surface area contributed by atoms with E-state index in [1.807, 2.05) is 43.5 Å². The highest BCUT2D eigenvalue weighted by atomic mass is 32.1. The number of aryl methyl sites for hydroxylation is 2. The average molecular weight is 355 g/mol. The molecule has 2 aromatic heterocycles. The first-order valence-electron chi connectivity index (χ1n) is 8.09. The Hall–Kier alpha value is -2.60. The van der Waals surface area contributed by atoms with Crippen molar-refractivity contribution in [2.75, 3.05) is 20.2 Å². The number of aromatic amines is 1. The monoisotopic (exact) mass is 355 g/mol. The van der Waals surface area contributed by atoms with Crippen LogP contribution in [0, 0.1) is 13.8 Å². The first kappa shape index (κ1) is 17.2. The first-order chi connectivity index (χ1) is 12.0. The van der Waals surface area contributed by atoms with Gasteiger partial charge in [-0.2, -0.15) is 5.10 Å². The van der Waals surface area contributed by atoms with Gasteiger partial charge in [-0.05, 0) is 54.6 Å². The van der Waals surface area contributed by atoms with Crippen molar-refractivity contribution in [1.29, 1.82) is 0 Å². The number of rotatable bonds is 6. The van der Waals surface area contributed by atoms with Crippen molar-refractivity contribution in [3.63, 3.8) is 0 Å². The van der Waals surface area contributed by atoms with E-state index in [0.717, 1.165) is 27.4 Å². The molecule has 0 aliphatic heterocycles. The molecule has 6 heteroatoms. The summed E-state index contributed by atoms with van der Waals surface area (Å²) in [4.78, 5) is 15.2. The number of hydrogen-bond acceptors (Lipinski definition) is 4. The summed E-state index contributed by atoms with van der Waals surface area (Å²) in [6.45, 7) is 5.01. The molecule has 1 aromatic carbocycles. The number of H-pyrrole nitrogens is 1. The van der Waals surface area contributed by atoms with Crippen molar-refractivity contribution >= 4 is 17.2 Å². The zero-order valence-corrected chi connectivity index (χ0v) is 15.4. The van der Waals surface area contributed by atoms with Gasteiger partial charge >= 0.3 is 0 Å². The smallest absolute Gasteiger partial charge is 0.274 e. The van der Waals surface area contributed by atoms with Crippen LogP contribution < -0.4 is 4.74 Å². The number of benzene rings is 1. The Labute approximate surface area is 151 Å². The van der Waals surface area contributed by atoms with Crippen molar-refractivity contribution in [3.05, 3.63) is 58.6 Å². The van der Waals surface area contributed by atoms with Crippen LogP contribution >= 0.6 is 11.3 Å². The summed E-state index contributed by atoms with van der Waals surface area (Å²) in [5.74, 6) is 0.709. The van der Waals surface area contributed by atoms with E-state index in [1.54, 1.807) is 29.4 Å². The molecule has 0 bridgehead atoms. The number of amides is 1. The minimum atomic E-state index is -0.122. The first-order valence-corrected chi connectivity index (χ1v) is 8.97. The molecule has 0 spiro atoms. The van der Waals surface area contributed by atoms with Gasteiger partial charge in [0.2, 0.25) is 0 Å². The van der Waals surface area contributed by atoms with Crippen LogP contribution in [0.3, 0.4) is 0 Å². The van der Waals surface area contributed by atoms with Gasteiger partial charge in [0.1, 0.15) is 12.4 Å². The molecule has 25 heavy (non-hydrogen) atoms. The van der Waals surface area contributed by atoms with Gasteiger partial charge in [-0.1, -0.05) is 12.1 Å². The van der Waals surface area contributed by atoms with Crippen molar-refractivity contribution in [3.8, 4) is 16.3 Å². The van der Waals surface area contributed by atoms with Crippen molar-refractivity contribution in [2.24, 2.45) is 0 Å². The number of carbonyl (C=O) groups excluding carboxylic acids is 1. The van der Waals surface area contributed by atoms with Crippen LogP contribution in [0.4, 0.5) is 0 Å². The summed E-state index contributed by atoms with van der Waals surface area (Å²) in [6.07, 6.45) is 0. The van der Waals surface area contributed by atoms with Crippen LogP contribution in [-0.4, -0.2) is 41.2 Å². The van der Waals surface area contributed by atoms with E-state index < -0.39 is 0 Å². The van der Waals surface area contributed by atoms with Crippen LogP contribution in [-0.2, 0) is 0 Å². The Bertz CT molecular complexity index is 835. The maximum Gasteiger partial charge on any atom is 0.274 e. The summed E-state index contributed by atoms with van der Waals surface area (Å²) in [5.41, 5.74) is 3.60. The van der Waals surface area contributed by atoms with E-state index in [-0.39, 0.29) is 5.91 Å². The Morgan fingerprint density at radius 3 is 2.68 bits per heavy atom. The lowest BCUT2D eigenvalue weighted by atomic mass is 10.1. The Morgan fingerprint density at radius 2 is 2.00 bits per heavy atom. The predicted octanol–water partition coefficient (Wildman–Crippen LogP) is 3.91. The van der Waals surface area contributed by atoms with Gasteiger partial charge in [-0.3, -0.25) is 9.89 Å². The number of ether oxygens (including phenoxy) is 1. The molecular weight excluding hydrogens is 334 g/mol. The van der Waals surface area contributed by atoms with Crippen LogP contribution in [0.15, 0.2) is 41.8 Å². The molecule has 0 saturated carbocycles. The second-order valence-corrected chi connectivity index (χ2v) is 6.99. The molecular formula is C19H21N3O2S. The highest BCUT2D eigenvalue weighted by Crippen LogP contribution is 2.23. The molecule has 0 aliphatic rings. The predicted molar refractivity (Wildman–Crippen MR) is 100 cm³/mol. The lowest BCUT2D eigenvalue weighted by Gasteiger charge is -2.16. The van der Waals surface area contributed by atoms with E-state index >= 15 is 0 Å². The highest BCUT2D eigenvalue weighted by Gasteiger charge is 2.16. The Morgan fingerprint density at radius 1 is 1.24 bits per heavy atom. The summed E-state index contributed by atoms with van der Waals surface area (Å²) >= 11 is 1.61. The van der Waals surface area contributed by atoms with E-state index in [2.05, 4.69) is 16.3 Å². The molecule has 5 nitrogen and oxygen atoms in total. The molecule has 0 atom stereocenters. The number of nitrogens with zero attached hydrogens (tertiary/aromatic N) is 2. The normalized spacial score (nSPS) is 10.7. The lowest BCUT2D eigenvalue weighted by Crippen LogP contribution is -2.31. The van der Waals surface area contributed by atoms with Gasteiger partial charge in [0.05, 0.1) is 17.1 Å². The highest BCUT2D eigenvalue weighted by molar-refractivity contribution is 7.13. The largest absolute Gasteiger partial charge is 0.492 e. The zero-order valence-electron chi connectivity index (χ0n) is 14.6. The fourth-order valence-corrected chi connectivity index (χ4v) is 3.30. The molecule has 3 aromatic rings. The van der Waals surface area contributed by atoms with E-state index in [4.69, 9.17) is 4.74 Å². The fourth-order valence-electron chi connectivity index (χ4n) is 2.60. The van der Waals surface area contributed by atoms with Crippen molar-refractivity contribution in [2.45, 2.75) is 13.8 Å². The molecule has 2 heterocycles. The topological polar surface area (TPSA) is 58.2 Å². The number of hydrogen-bond donors (Lipinski definition) is 1. The van der Waals surface area contributed by atoms with Gasteiger partial charge in [-0.15, -0.1) is 11.3 Å². The number of nitrogens with one attached hydrogen (secondary N) is 1. The van der Waals surface area contributed by atoms with Gasteiger partial charge < -0.3 is 9.64 Å². The molecule has 130 valence electrons. The van der Waals surface area contributed by atoms with Crippen LogP contribution in [0.25, 0.3) is 10.6 Å². The molecule has 0 fully saturated rings. The third kappa shape index (κ3) is 4.28. The van der Waals surface area contributed by atoms with Crippen LogP contribution in [0.1, 0.15) is 21.6 Å². The molecule has 0 radical (unpaired) electrons. The molecule has 3 rings (SSSR count). The van der Waals surface area contributed by atoms with Gasteiger partial charge in [0.25, 0.3) is 5.91 Å². The second-order valence-electron chi connectivity index (χ2n) is 6.04. The molecule has 0 aliphatic carbocycles. The molecule has 1 N–H and O–H groups in total. The maximum atomic E-state index is 12.5. The summed E-state index contributed by atoms with van der Waals surface area (Å²) in [7, 11) is 1.76. The molecule has 0 saturated heterocycles. The average Bonchev–Trinajstić information content (AvgIpc) is 3.24. The third-order valence-corrected chi connectivity index (χ3v) is 4.72. The van der Waals surface area contributed by atoms with E-state index in [1.165, 1.54) is 0 Å². The summed E-state index contributed by atoms with van der Waals surface area (Å²) in [5, 5.41) is 9.05. The zero-order chi connectivity index (χ0) is 17.8. The minimum Gasteiger partial charge on any atom is -0.492 e. The number of thiophene rings is 1. The van der Waals surface area contributed by atoms with Crippen LogP contribution in [0.2, 0.25) is 0 Å². The lowest BCUT2D eigenvalue weighted by molar-refractivity contribution is 0.0768. The number of aromatic nitrogens is 2. The minimum absolute atomic E-state index is 0.122. The van der Waals surface area contributed by atoms with E-state index in [0.29, 0.717) is 18.8 Å². The third-order valence-electron chi connectivity index (χ3n) is 3.82. The quantitative estimate of drug-likeness (QED) is 0.729. The van der Waals surface area contributed by atoms with Crippen molar-refractivity contribution < 1.29 is 9.53 Å².